The number of rotatable bonds is 9. The molecule has 1 aromatic heterocycles. The standard InChI is InChI=1S/C25H36N4O2/c1-18(2)15-28(25(31)26-21-10-8-20(9-11-21)19(3)4)17-24(30)29(22-12-13-22)16-23-7-6-14-27(23)5/h6-11,14,18-19,22H,12-13,15-17H2,1-5H3,(H,26,31). The molecule has 6 nitrogen and oxygen atoms in total. The first-order chi connectivity index (χ1) is 14.7. The highest BCUT2D eigenvalue weighted by Crippen LogP contribution is 2.29. The van der Waals surface area contributed by atoms with Gasteiger partial charge in [0.1, 0.15) is 6.54 Å². The number of nitrogens with zero attached hydrogens (tertiary/aromatic N) is 3. The Morgan fingerprint density at radius 2 is 1.77 bits per heavy atom. The van der Waals surface area contributed by atoms with E-state index in [1.807, 2.05) is 59.1 Å². The van der Waals surface area contributed by atoms with E-state index in [4.69, 9.17) is 0 Å². The summed E-state index contributed by atoms with van der Waals surface area (Å²) in [6.45, 7) is 9.62. The SMILES string of the molecule is CC(C)CN(CC(=O)N(Cc1cccn1C)C1CC1)C(=O)Nc1ccc(C(C)C)cc1. The van der Waals surface area contributed by atoms with Crippen molar-refractivity contribution in [3.63, 3.8) is 0 Å². The fourth-order valence-corrected chi connectivity index (χ4v) is 3.71. The number of aromatic nitrogens is 1. The van der Waals surface area contributed by atoms with E-state index in [1.165, 1.54) is 5.56 Å². The molecule has 1 aliphatic rings. The molecule has 1 aliphatic carbocycles. The Balaban J connectivity index is 1.68. The van der Waals surface area contributed by atoms with E-state index in [0.717, 1.165) is 24.2 Å². The number of aryl methyl sites for hydroxylation is 1. The van der Waals surface area contributed by atoms with E-state index in [9.17, 15) is 9.59 Å². The lowest BCUT2D eigenvalue weighted by atomic mass is 10.0. The molecule has 3 amide bonds. The van der Waals surface area contributed by atoms with Crippen LogP contribution in [0.3, 0.4) is 0 Å². The lowest BCUT2D eigenvalue weighted by molar-refractivity contribution is -0.133. The van der Waals surface area contributed by atoms with Gasteiger partial charge in [-0.3, -0.25) is 4.79 Å². The van der Waals surface area contributed by atoms with Gasteiger partial charge in [0.2, 0.25) is 5.91 Å². The average Bonchev–Trinajstić information content (AvgIpc) is 3.47. The zero-order valence-corrected chi connectivity index (χ0v) is 19.5. The first-order valence-corrected chi connectivity index (χ1v) is 11.3. The van der Waals surface area contributed by atoms with Crippen molar-refractivity contribution in [3.05, 3.63) is 53.9 Å². The van der Waals surface area contributed by atoms with Crippen LogP contribution in [0.1, 0.15) is 57.7 Å². The van der Waals surface area contributed by atoms with Gasteiger partial charge in [-0.1, -0.05) is 39.8 Å². The third kappa shape index (κ3) is 6.36. The second-order valence-electron chi connectivity index (χ2n) is 9.34. The van der Waals surface area contributed by atoms with Gasteiger partial charge in [0.25, 0.3) is 0 Å². The number of carbonyl (C=O) groups excluding carboxylic acids is 2. The zero-order valence-electron chi connectivity index (χ0n) is 19.5. The van der Waals surface area contributed by atoms with Gasteiger partial charge in [-0.15, -0.1) is 0 Å². The largest absolute Gasteiger partial charge is 0.353 e. The molecule has 0 saturated heterocycles. The Morgan fingerprint density at radius 3 is 2.29 bits per heavy atom. The van der Waals surface area contributed by atoms with Crippen molar-refractivity contribution in [2.45, 2.75) is 59.0 Å². The Bertz CT molecular complexity index is 881. The maximum Gasteiger partial charge on any atom is 0.322 e. The molecule has 1 aromatic carbocycles. The Hall–Kier alpha value is -2.76. The van der Waals surface area contributed by atoms with Crippen LogP contribution in [0.15, 0.2) is 42.6 Å². The van der Waals surface area contributed by atoms with Crippen LogP contribution in [-0.2, 0) is 18.4 Å². The van der Waals surface area contributed by atoms with Crippen molar-refractivity contribution in [3.8, 4) is 0 Å². The average molecular weight is 425 g/mol. The molecule has 2 aromatic rings. The molecule has 0 spiro atoms. The van der Waals surface area contributed by atoms with Crippen LogP contribution >= 0.6 is 0 Å². The summed E-state index contributed by atoms with van der Waals surface area (Å²) >= 11 is 0. The van der Waals surface area contributed by atoms with E-state index in [2.05, 4.69) is 33.0 Å². The van der Waals surface area contributed by atoms with Crippen molar-refractivity contribution in [1.29, 1.82) is 0 Å². The van der Waals surface area contributed by atoms with Gasteiger partial charge in [-0.25, -0.2) is 4.79 Å². The Kier molecular flexibility index (Phi) is 7.42. The summed E-state index contributed by atoms with van der Waals surface area (Å²) in [7, 11) is 1.99. The highest BCUT2D eigenvalue weighted by Gasteiger charge is 2.34. The van der Waals surface area contributed by atoms with Gasteiger partial charge in [0.05, 0.1) is 6.54 Å². The molecule has 0 atom stereocenters. The smallest absolute Gasteiger partial charge is 0.322 e. The fraction of sp³-hybridized carbons (Fsp3) is 0.520. The second-order valence-corrected chi connectivity index (χ2v) is 9.34. The van der Waals surface area contributed by atoms with Gasteiger partial charge in [-0.05, 0) is 54.5 Å². The normalized spacial score (nSPS) is 13.5. The van der Waals surface area contributed by atoms with Crippen LogP contribution in [0.2, 0.25) is 0 Å². The number of benzene rings is 1. The topological polar surface area (TPSA) is 57.6 Å². The maximum absolute atomic E-state index is 13.2. The predicted molar refractivity (Wildman–Crippen MR) is 125 cm³/mol. The minimum Gasteiger partial charge on any atom is -0.353 e. The molecular formula is C25H36N4O2. The number of amides is 3. The van der Waals surface area contributed by atoms with Crippen molar-refractivity contribution < 1.29 is 9.59 Å². The molecule has 1 heterocycles. The van der Waals surface area contributed by atoms with Crippen LogP contribution < -0.4 is 5.32 Å². The summed E-state index contributed by atoms with van der Waals surface area (Å²) in [5.74, 6) is 0.719. The zero-order chi connectivity index (χ0) is 22.5. The minimum absolute atomic E-state index is 0.00894. The number of anilines is 1. The van der Waals surface area contributed by atoms with Crippen LogP contribution in [0.5, 0.6) is 0 Å². The molecule has 31 heavy (non-hydrogen) atoms. The van der Waals surface area contributed by atoms with Crippen LogP contribution in [0.25, 0.3) is 0 Å². The summed E-state index contributed by atoms with van der Waals surface area (Å²) in [4.78, 5) is 29.8. The van der Waals surface area contributed by atoms with Gasteiger partial charge in [-0.2, -0.15) is 0 Å². The van der Waals surface area contributed by atoms with Crippen molar-refractivity contribution >= 4 is 17.6 Å². The molecule has 1 fully saturated rings. The summed E-state index contributed by atoms with van der Waals surface area (Å²) in [6, 6.07) is 12.0. The molecule has 168 valence electrons. The first kappa shape index (κ1) is 22.9. The number of urea groups is 1. The number of hydrogen-bond acceptors (Lipinski definition) is 2. The predicted octanol–water partition coefficient (Wildman–Crippen LogP) is 4.83. The Labute approximate surface area is 186 Å². The monoisotopic (exact) mass is 424 g/mol. The molecule has 0 unspecified atom stereocenters. The fourth-order valence-electron chi connectivity index (χ4n) is 3.71. The summed E-state index contributed by atoms with van der Waals surface area (Å²) < 4.78 is 2.04. The minimum atomic E-state index is -0.228. The third-order valence-corrected chi connectivity index (χ3v) is 5.72. The van der Waals surface area contributed by atoms with Gasteiger partial charge >= 0.3 is 6.03 Å². The number of hydrogen-bond donors (Lipinski definition) is 1. The summed E-state index contributed by atoms with van der Waals surface area (Å²) in [5, 5.41) is 2.97. The lowest BCUT2D eigenvalue weighted by Gasteiger charge is -2.29. The quantitative estimate of drug-likeness (QED) is 0.627. The third-order valence-electron chi connectivity index (χ3n) is 5.72. The van der Waals surface area contributed by atoms with E-state index in [0.29, 0.717) is 19.0 Å². The van der Waals surface area contributed by atoms with E-state index >= 15 is 0 Å². The van der Waals surface area contributed by atoms with Gasteiger partial charge in [0.15, 0.2) is 0 Å². The van der Waals surface area contributed by atoms with Crippen LogP contribution in [0.4, 0.5) is 10.5 Å². The van der Waals surface area contributed by atoms with E-state index < -0.39 is 0 Å². The lowest BCUT2D eigenvalue weighted by Crippen LogP contribution is -2.46. The number of carbonyl (C=O) groups is 2. The molecule has 0 aliphatic heterocycles. The van der Waals surface area contributed by atoms with Crippen LogP contribution in [-0.4, -0.2) is 45.4 Å². The molecular weight excluding hydrogens is 388 g/mol. The highest BCUT2D eigenvalue weighted by atomic mass is 16.2. The molecule has 6 heteroatoms. The van der Waals surface area contributed by atoms with Crippen molar-refractivity contribution in [1.82, 2.24) is 14.4 Å². The van der Waals surface area contributed by atoms with Gasteiger partial charge in [0, 0.05) is 37.2 Å². The molecule has 0 radical (unpaired) electrons. The maximum atomic E-state index is 13.2. The van der Waals surface area contributed by atoms with Crippen molar-refractivity contribution in [2.75, 3.05) is 18.4 Å². The summed E-state index contributed by atoms with van der Waals surface area (Å²) in [6.07, 6.45) is 4.07. The molecule has 0 bridgehead atoms. The van der Waals surface area contributed by atoms with E-state index in [1.54, 1.807) is 4.90 Å². The second kappa shape index (κ2) is 10.0. The first-order valence-electron chi connectivity index (χ1n) is 11.3. The molecule has 1 N–H and O–H groups in total. The highest BCUT2D eigenvalue weighted by molar-refractivity contribution is 5.92. The molecule has 1 saturated carbocycles. The van der Waals surface area contributed by atoms with Crippen LogP contribution in [0, 0.1) is 5.92 Å². The summed E-state index contributed by atoms with van der Waals surface area (Å²) in [5.41, 5.74) is 3.08. The number of nitrogens with one attached hydrogen (secondary N) is 1. The van der Waals surface area contributed by atoms with Crippen molar-refractivity contribution in [2.24, 2.45) is 13.0 Å². The Morgan fingerprint density at radius 1 is 1.10 bits per heavy atom. The molecule has 3 rings (SSSR count). The van der Waals surface area contributed by atoms with E-state index in [-0.39, 0.29) is 30.4 Å². The van der Waals surface area contributed by atoms with Gasteiger partial charge < -0.3 is 19.7 Å².